The van der Waals surface area contributed by atoms with Crippen molar-refractivity contribution in [2.45, 2.75) is 13.3 Å². The molecule has 2 aromatic carbocycles. The molecule has 0 saturated carbocycles. The van der Waals surface area contributed by atoms with E-state index >= 15 is 0 Å². The Morgan fingerprint density at radius 3 is 2.60 bits per heavy atom. The van der Waals surface area contributed by atoms with Crippen LogP contribution in [-0.2, 0) is 16.0 Å². The number of allylic oxidation sites excluding steroid dienone is 1. The summed E-state index contributed by atoms with van der Waals surface area (Å²) in [5, 5.41) is 12.8. The maximum absolute atomic E-state index is 13.0. The van der Waals surface area contributed by atoms with Crippen LogP contribution in [0, 0.1) is 6.92 Å². The normalized spacial score (nSPS) is 15.4. The Hall–Kier alpha value is -3.58. The monoisotopic (exact) mass is 426 g/mol. The summed E-state index contributed by atoms with van der Waals surface area (Å²) in [5.74, 6) is -1.48. The first-order chi connectivity index (χ1) is 14.3. The smallest absolute Gasteiger partial charge is 0.335 e. The van der Waals surface area contributed by atoms with Gasteiger partial charge in [-0.1, -0.05) is 23.7 Å². The second kappa shape index (κ2) is 8.42. The zero-order chi connectivity index (χ0) is 22.0. The van der Waals surface area contributed by atoms with Crippen molar-refractivity contribution in [1.29, 1.82) is 0 Å². The van der Waals surface area contributed by atoms with Crippen molar-refractivity contribution < 1.29 is 24.2 Å². The summed E-state index contributed by atoms with van der Waals surface area (Å²) in [6.07, 6.45) is 3.29. The van der Waals surface area contributed by atoms with E-state index in [0.29, 0.717) is 22.6 Å². The van der Waals surface area contributed by atoms with E-state index in [1.54, 1.807) is 31.2 Å². The van der Waals surface area contributed by atoms with E-state index in [4.69, 9.17) is 16.3 Å². The number of methoxy groups -OCH3 is 1. The number of nitrogens with one attached hydrogen (secondary N) is 1. The Morgan fingerprint density at radius 2 is 1.97 bits per heavy atom. The van der Waals surface area contributed by atoms with Gasteiger partial charge in [0.15, 0.2) is 11.5 Å². The summed E-state index contributed by atoms with van der Waals surface area (Å²) in [7, 11) is 1.39. The van der Waals surface area contributed by atoms with E-state index in [2.05, 4.69) is 11.9 Å². The molecule has 7 nitrogen and oxygen atoms in total. The molecule has 1 aliphatic rings. The number of phenolic OH excluding ortho intramolecular Hbond substituents is 1. The molecule has 1 aliphatic heterocycles. The molecule has 1 fully saturated rings. The van der Waals surface area contributed by atoms with Gasteiger partial charge in [-0.05, 0) is 54.8 Å². The van der Waals surface area contributed by atoms with Crippen molar-refractivity contribution >= 4 is 41.2 Å². The number of nitrogens with zero attached hydrogens (tertiary/aromatic N) is 1. The number of carbonyl (C=O) groups is 3. The lowest BCUT2D eigenvalue weighted by atomic mass is 10.0. The highest BCUT2D eigenvalue weighted by Gasteiger charge is 2.37. The second-order valence-electron chi connectivity index (χ2n) is 6.62. The average Bonchev–Trinajstić information content (AvgIpc) is 2.70. The number of urea groups is 1. The minimum Gasteiger partial charge on any atom is -0.504 e. The maximum Gasteiger partial charge on any atom is 0.335 e. The summed E-state index contributed by atoms with van der Waals surface area (Å²) in [6.45, 7) is 5.44. The number of carbonyl (C=O) groups excluding carboxylic acids is 3. The van der Waals surface area contributed by atoms with Crippen molar-refractivity contribution in [1.82, 2.24) is 5.32 Å². The lowest BCUT2D eigenvalue weighted by Crippen LogP contribution is -2.54. The van der Waals surface area contributed by atoms with Gasteiger partial charge in [-0.25, -0.2) is 9.69 Å². The van der Waals surface area contributed by atoms with Crippen LogP contribution < -0.4 is 15.0 Å². The molecule has 4 amide bonds. The number of aromatic hydroxyl groups is 1. The highest BCUT2D eigenvalue weighted by Crippen LogP contribution is 2.33. The SMILES string of the molecule is C=CCc1cc(/C=C2/C(=O)NC(=O)N(c3ccc(C)c(Cl)c3)C2=O)cc(OC)c1O. The Balaban J connectivity index is 2.07. The molecular formula is C22H19ClN2O5. The third-order valence-corrected chi connectivity index (χ3v) is 4.99. The van der Waals surface area contributed by atoms with E-state index in [-0.39, 0.29) is 22.8 Å². The second-order valence-corrected chi connectivity index (χ2v) is 7.02. The quantitative estimate of drug-likeness (QED) is 0.431. The number of ether oxygens (including phenoxy) is 1. The summed E-state index contributed by atoms with van der Waals surface area (Å²) in [6, 6.07) is 6.95. The highest BCUT2D eigenvalue weighted by atomic mass is 35.5. The Bertz CT molecular complexity index is 1110. The molecule has 0 radical (unpaired) electrons. The fraction of sp³-hybridized carbons (Fsp3) is 0.136. The van der Waals surface area contributed by atoms with Crippen LogP contribution in [-0.4, -0.2) is 30.1 Å². The number of amides is 4. The molecule has 0 aromatic heterocycles. The van der Waals surface area contributed by atoms with Crippen molar-refractivity contribution in [2.24, 2.45) is 0 Å². The summed E-state index contributed by atoms with van der Waals surface area (Å²) in [4.78, 5) is 38.6. The molecule has 154 valence electrons. The number of anilines is 1. The molecular weight excluding hydrogens is 408 g/mol. The van der Waals surface area contributed by atoms with Gasteiger partial charge in [-0.3, -0.25) is 14.9 Å². The molecule has 8 heteroatoms. The lowest BCUT2D eigenvalue weighted by Gasteiger charge is -2.26. The summed E-state index contributed by atoms with van der Waals surface area (Å²) >= 11 is 6.12. The van der Waals surface area contributed by atoms with E-state index in [0.717, 1.165) is 10.5 Å². The number of benzene rings is 2. The molecule has 2 N–H and O–H groups in total. The van der Waals surface area contributed by atoms with Crippen LogP contribution in [0.4, 0.5) is 10.5 Å². The molecule has 0 unspecified atom stereocenters. The Morgan fingerprint density at radius 1 is 1.23 bits per heavy atom. The van der Waals surface area contributed by atoms with Crippen molar-refractivity contribution in [2.75, 3.05) is 12.0 Å². The van der Waals surface area contributed by atoms with Gasteiger partial charge in [0.2, 0.25) is 0 Å². The van der Waals surface area contributed by atoms with Crippen LogP contribution >= 0.6 is 11.6 Å². The predicted molar refractivity (Wildman–Crippen MR) is 114 cm³/mol. The number of halogens is 1. The molecule has 0 aliphatic carbocycles. The van der Waals surface area contributed by atoms with Gasteiger partial charge < -0.3 is 9.84 Å². The van der Waals surface area contributed by atoms with Gasteiger partial charge in [0, 0.05) is 10.6 Å². The number of phenols is 1. The molecule has 1 saturated heterocycles. The van der Waals surface area contributed by atoms with Gasteiger partial charge in [0.05, 0.1) is 12.8 Å². The summed E-state index contributed by atoms with van der Waals surface area (Å²) < 4.78 is 5.17. The molecule has 30 heavy (non-hydrogen) atoms. The van der Waals surface area contributed by atoms with Gasteiger partial charge in [-0.15, -0.1) is 6.58 Å². The lowest BCUT2D eigenvalue weighted by molar-refractivity contribution is -0.122. The van der Waals surface area contributed by atoms with E-state index in [9.17, 15) is 19.5 Å². The molecule has 2 aromatic rings. The number of hydrogen-bond acceptors (Lipinski definition) is 5. The molecule has 0 spiro atoms. The van der Waals surface area contributed by atoms with Gasteiger partial charge >= 0.3 is 6.03 Å². The standard InChI is InChI=1S/C22H19ClN2O5/c1-4-5-14-8-13(10-18(30-3)19(14)26)9-16-20(27)24-22(29)25(21(16)28)15-7-6-12(2)17(23)11-15/h4,6-11,26H,1,5H2,2-3H3,(H,24,27,29)/b16-9-. The number of barbiturate groups is 1. The fourth-order valence-corrected chi connectivity index (χ4v) is 3.19. The first-order valence-electron chi connectivity index (χ1n) is 8.95. The first-order valence-corrected chi connectivity index (χ1v) is 9.33. The van der Waals surface area contributed by atoms with Gasteiger partial charge in [0.1, 0.15) is 5.57 Å². The third kappa shape index (κ3) is 3.92. The van der Waals surface area contributed by atoms with E-state index in [1.165, 1.54) is 25.3 Å². The summed E-state index contributed by atoms with van der Waals surface area (Å²) in [5.41, 5.74) is 1.73. The number of hydrogen-bond donors (Lipinski definition) is 2. The maximum atomic E-state index is 13.0. The third-order valence-electron chi connectivity index (χ3n) is 4.59. The molecule has 1 heterocycles. The molecule has 3 rings (SSSR count). The van der Waals surface area contributed by atoms with Crippen LogP contribution in [0.5, 0.6) is 11.5 Å². The number of aryl methyl sites for hydroxylation is 1. The minimum atomic E-state index is -0.863. The van der Waals surface area contributed by atoms with Crippen LogP contribution in [0.25, 0.3) is 6.08 Å². The highest BCUT2D eigenvalue weighted by molar-refractivity contribution is 6.39. The Kier molecular flexibility index (Phi) is 5.94. The topological polar surface area (TPSA) is 95.9 Å². The van der Waals surface area contributed by atoms with Crippen LogP contribution in [0.3, 0.4) is 0 Å². The predicted octanol–water partition coefficient (Wildman–Crippen LogP) is 3.76. The molecule has 0 bridgehead atoms. The van der Waals surface area contributed by atoms with Gasteiger partial charge in [0.25, 0.3) is 11.8 Å². The van der Waals surface area contributed by atoms with Crippen molar-refractivity contribution in [3.63, 3.8) is 0 Å². The Labute approximate surface area is 178 Å². The zero-order valence-corrected chi connectivity index (χ0v) is 17.1. The fourth-order valence-electron chi connectivity index (χ4n) is 3.02. The van der Waals surface area contributed by atoms with Crippen LogP contribution in [0.2, 0.25) is 5.02 Å². The van der Waals surface area contributed by atoms with Gasteiger partial charge in [-0.2, -0.15) is 0 Å². The van der Waals surface area contributed by atoms with Crippen LogP contribution in [0.15, 0.2) is 48.6 Å². The average molecular weight is 427 g/mol. The van der Waals surface area contributed by atoms with Crippen molar-refractivity contribution in [3.05, 3.63) is 70.3 Å². The number of rotatable bonds is 5. The van der Waals surface area contributed by atoms with Crippen LogP contribution in [0.1, 0.15) is 16.7 Å². The zero-order valence-electron chi connectivity index (χ0n) is 16.4. The van der Waals surface area contributed by atoms with Crippen molar-refractivity contribution in [3.8, 4) is 11.5 Å². The minimum absolute atomic E-state index is 0.0509. The number of imide groups is 2. The first kappa shape index (κ1) is 21.1. The van der Waals surface area contributed by atoms with E-state index < -0.39 is 17.8 Å². The largest absolute Gasteiger partial charge is 0.504 e. The van der Waals surface area contributed by atoms with E-state index in [1.807, 2.05) is 0 Å². The molecule has 0 atom stereocenters.